The van der Waals surface area contributed by atoms with Crippen molar-refractivity contribution < 1.29 is 9.53 Å². The molecule has 1 aromatic carbocycles. The quantitative estimate of drug-likeness (QED) is 0.535. The lowest BCUT2D eigenvalue weighted by Crippen LogP contribution is -2.32. The molecule has 4 rings (SSSR count). The van der Waals surface area contributed by atoms with E-state index in [4.69, 9.17) is 4.74 Å². The highest BCUT2D eigenvalue weighted by atomic mass is 16.5. The molecule has 3 heterocycles. The first kappa shape index (κ1) is 16.6. The van der Waals surface area contributed by atoms with Gasteiger partial charge in [0.15, 0.2) is 5.82 Å². The number of nitrogens with zero attached hydrogens (tertiary/aromatic N) is 6. The molecule has 136 valence electrons. The van der Waals surface area contributed by atoms with Gasteiger partial charge in [0.25, 0.3) is 11.4 Å². The Kier molecular flexibility index (Phi) is 4.21. The fourth-order valence-corrected chi connectivity index (χ4v) is 2.72. The number of amides is 1. The maximum Gasteiger partial charge on any atom is 0.261 e. The minimum absolute atomic E-state index is 0.141. The van der Waals surface area contributed by atoms with Gasteiger partial charge in [-0.15, -0.1) is 10.2 Å². The van der Waals surface area contributed by atoms with Gasteiger partial charge in [0.05, 0.1) is 30.9 Å². The van der Waals surface area contributed by atoms with Crippen molar-refractivity contribution in [1.29, 1.82) is 0 Å². The van der Waals surface area contributed by atoms with Crippen LogP contribution in [-0.2, 0) is 17.9 Å². The van der Waals surface area contributed by atoms with Crippen LogP contribution in [0, 0.1) is 0 Å². The second-order valence-electron chi connectivity index (χ2n) is 5.72. The lowest BCUT2D eigenvalue weighted by Gasteiger charge is -2.07. The summed E-state index contributed by atoms with van der Waals surface area (Å²) in [7, 11) is 1.49. The van der Waals surface area contributed by atoms with E-state index in [1.165, 1.54) is 18.0 Å². The molecule has 1 N–H and O–H groups in total. The van der Waals surface area contributed by atoms with Crippen molar-refractivity contribution in [3.63, 3.8) is 0 Å². The Morgan fingerprint density at radius 2 is 2.07 bits per heavy atom. The molecule has 0 radical (unpaired) electrons. The minimum atomic E-state index is -0.341. The van der Waals surface area contributed by atoms with E-state index >= 15 is 0 Å². The van der Waals surface area contributed by atoms with Crippen molar-refractivity contribution >= 4 is 22.5 Å². The van der Waals surface area contributed by atoms with E-state index in [1.54, 1.807) is 41.1 Å². The van der Waals surface area contributed by atoms with Crippen molar-refractivity contribution in [2.45, 2.75) is 13.1 Å². The van der Waals surface area contributed by atoms with Gasteiger partial charge >= 0.3 is 0 Å². The third-order valence-corrected chi connectivity index (χ3v) is 4.05. The molecule has 0 fully saturated rings. The SMILES string of the molecule is COc1nccn2c(CNC(=O)Cn3cnc4ccccc4c3=O)nnc12. The fraction of sp³-hybridized carbons (Fsp3) is 0.176. The molecule has 0 spiro atoms. The van der Waals surface area contributed by atoms with Crippen molar-refractivity contribution in [1.82, 2.24) is 34.4 Å². The lowest BCUT2D eigenvalue weighted by atomic mass is 10.2. The average molecular weight is 365 g/mol. The predicted molar refractivity (Wildman–Crippen MR) is 95.2 cm³/mol. The van der Waals surface area contributed by atoms with Crippen LogP contribution in [0.4, 0.5) is 0 Å². The summed E-state index contributed by atoms with van der Waals surface area (Å²) >= 11 is 0. The monoisotopic (exact) mass is 365 g/mol. The number of nitrogens with one attached hydrogen (secondary N) is 1. The van der Waals surface area contributed by atoms with Crippen molar-refractivity contribution in [2.24, 2.45) is 0 Å². The van der Waals surface area contributed by atoms with Gasteiger partial charge in [-0.25, -0.2) is 9.97 Å². The summed E-state index contributed by atoms with van der Waals surface area (Å²) in [6.07, 6.45) is 4.60. The topological polar surface area (TPSA) is 116 Å². The Bertz CT molecular complexity index is 1200. The number of carbonyl (C=O) groups is 1. The summed E-state index contributed by atoms with van der Waals surface area (Å²) in [6, 6.07) is 7.00. The van der Waals surface area contributed by atoms with Gasteiger partial charge in [-0.3, -0.25) is 18.6 Å². The zero-order chi connectivity index (χ0) is 18.8. The highest BCUT2D eigenvalue weighted by Crippen LogP contribution is 2.13. The highest BCUT2D eigenvalue weighted by Gasteiger charge is 2.12. The van der Waals surface area contributed by atoms with Crippen LogP contribution in [0.2, 0.25) is 0 Å². The number of benzene rings is 1. The highest BCUT2D eigenvalue weighted by molar-refractivity contribution is 5.78. The van der Waals surface area contributed by atoms with Crippen molar-refractivity contribution in [3.05, 3.63) is 59.2 Å². The van der Waals surface area contributed by atoms with Crippen LogP contribution in [0.3, 0.4) is 0 Å². The number of hydrogen-bond donors (Lipinski definition) is 1. The van der Waals surface area contributed by atoms with Gasteiger partial charge in [-0.2, -0.15) is 0 Å². The number of carbonyl (C=O) groups excluding carboxylic acids is 1. The van der Waals surface area contributed by atoms with E-state index in [-0.39, 0.29) is 24.6 Å². The number of fused-ring (bicyclic) bond motifs is 2. The first-order valence-electron chi connectivity index (χ1n) is 8.11. The molecule has 10 nitrogen and oxygen atoms in total. The Balaban J connectivity index is 1.49. The van der Waals surface area contributed by atoms with Crippen molar-refractivity contribution in [2.75, 3.05) is 7.11 Å². The van der Waals surface area contributed by atoms with Gasteiger partial charge in [0.1, 0.15) is 6.54 Å². The van der Waals surface area contributed by atoms with Gasteiger partial charge in [0.2, 0.25) is 11.6 Å². The van der Waals surface area contributed by atoms with E-state index in [0.29, 0.717) is 28.3 Å². The zero-order valence-corrected chi connectivity index (χ0v) is 14.4. The van der Waals surface area contributed by atoms with Gasteiger partial charge in [-0.05, 0) is 12.1 Å². The number of rotatable bonds is 5. The second-order valence-corrected chi connectivity index (χ2v) is 5.72. The fourth-order valence-electron chi connectivity index (χ4n) is 2.72. The molecule has 0 aliphatic heterocycles. The predicted octanol–water partition coefficient (Wildman–Crippen LogP) is 0.159. The summed E-state index contributed by atoms with van der Waals surface area (Å²) in [4.78, 5) is 32.9. The first-order valence-corrected chi connectivity index (χ1v) is 8.11. The van der Waals surface area contributed by atoms with Gasteiger partial charge < -0.3 is 10.1 Å². The number of ether oxygens (including phenoxy) is 1. The summed E-state index contributed by atoms with van der Waals surface area (Å²) in [5.41, 5.74) is 0.787. The van der Waals surface area contributed by atoms with Crippen LogP contribution in [0.5, 0.6) is 5.88 Å². The van der Waals surface area contributed by atoms with Crippen LogP contribution in [0.25, 0.3) is 16.6 Å². The van der Waals surface area contributed by atoms with Crippen LogP contribution in [0.15, 0.2) is 47.8 Å². The van der Waals surface area contributed by atoms with Crippen LogP contribution in [-0.4, -0.2) is 42.2 Å². The van der Waals surface area contributed by atoms with E-state index in [0.717, 1.165) is 0 Å². The molecule has 0 aliphatic carbocycles. The third-order valence-electron chi connectivity index (χ3n) is 4.05. The Hall–Kier alpha value is -3.82. The normalized spacial score (nSPS) is 11.0. The number of para-hydroxylation sites is 1. The maximum atomic E-state index is 12.4. The molecule has 1 amide bonds. The largest absolute Gasteiger partial charge is 0.478 e. The molecular formula is C17H15N7O3. The zero-order valence-electron chi connectivity index (χ0n) is 14.4. The summed E-state index contributed by atoms with van der Waals surface area (Å²) in [5.74, 6) is 0.520. The Morgan fingerprint density at radius 1 is 1.22 bits per heavy atom. The van der Waals surface area contributed by atoms with Crippen LogP contribution in [0.1, 0.15) is 5.82 Å². The molecule has 4 aromatic rings. The molecule has 0 saturated carbocycles. The molecule has 0 atom stereocenters. The minimum Gasteiger partial charge on any atom is -0.478 e. The van der Waals surface area contributed by atoms with Gasteiger partial charge in [-0.1, -0.05) is 12.1 Å². The van der Waals surface area contributed by atoms with Crippen molar-refractivity contribution in [3.8, 4) is 5.88 Å². The number of methoxy groups -OCH3 is 1. The summed E-state index contributed by atoms with van der Waals surface area (Å²) in [6.45, 7) is 0.00120. The molecule has 0 bridgehead atoms. The van der Waals surface area contributed by atoms with Gasteiger partial charge in [0, 0.05) is 12.4 Å². The summed E-state index contributed by atoms with van der Waals surface area (Å²) in [5, 5.41) is 11.2. The average Bonchev–Trinajstić information content (AvgIpc) is 3.12. The lowest BCUT2D eigenvalue weighted by molar-refractivity contribution is -0.121. The summed E-state index contributed by atoms with van der Waals surface area (Å²) < 4.78 is 8.07. The van der Waals surface area contributed by atoms with E-state index < -0.39 is 0 Å². The standard InChI is InChI=1S/C17H15N7O3/c1-27-16-15-22-21-13(24(15)7-6-18-16)8-19-14(25)9-23-10-20-12-5-3-2-4-11(12)17(23)26/h2-7,10H,8-9H2,1H3,(H,19,25). The molecule has 10 heteroatoms. The van der Waals surface area contributed by atoms with E-state index in [9.17, 15) is 9.59 Å². The smallest absolute Gasteiger partial charge is 0.261 e. The second kappa shape index (κ2) is 6.83. The molecule has 3 aromatic heterocycles. The first-order chi connectivity index (χ1) is 13.2. The van der Waals surface area contributed by atoms with E-state index in [2.05, 4.69) is 25.5 Å². The van der Waals surface area contributed by atoms with Crippen LogP contribution < -0.4 is 15.6 Å². The molecule has 0 saturated heterocycles. The number of aromatic nitrogens is 6. The third kappa shape index (κ3) is 3.08. The maximum absolute atomic E-state index is 12.4. The number of hydrogen-bond acceptors (Lipinski definition) is 7. The molecule has 0 unspecified atom stereocenters. The van der Waals surface area contributed by atoms with E-state index in [1.807, 2.05) is 0 Å². The Morgan fingerprint density at radius 3 is 2.93 bits per heavy atom. The molecule has 27 heavy (non-hydrogen) atoms. The Labute approximate surface area is 152 Å². The molecular weight excluding hydrogens is 350 g/mol. The molecule has 0 aliphatic rings. The van der Waals surface area contributed by atoms with Crippen LogP contribution >= 0.6 is 0 Å².